The van der Waals surface area contributed by atoms with Gasteiger partial charge >= 0.3 is 0 Å². The monoisotopic (exact) mass is 215 g/mol. The van der Waals surface area contributed by atoms with Gasteiger partial charge in [-0.25, -0.2) is 0 Å². The number of nitrogens with one attached hydrogen (secondary N) is 1. The molecule has 1 rings (SSSR count). The first-order valence-electron chi connectivity index (χ1n) is 6.01. The van der Waals surface area contributed by atoms with Crippen molar-refractivity contribution in [3.8, 4) is 0 Å². The molecule has 0 saturated carbocycles. The van der Waals surface area contributed by atoms with E-state index in [-0.39, 0.29) is 0 Å². The number of hydrogen-bond acceptors (Lipinski definition) is 3. The first kappa shape index (κ1) is 12.9. The molecule has 0 bridgehead atoms. The number of rotatable bonds is 6. The molecule has 15 heavy (non-hydrogen) atoms. The lowest BCUT2D eigenvalue weighted by Gasteiger charge is -2.25. The highest BCUT2D eigenvalue weighted by molar-refractivity contribution is 4.78. The van der Waals surface area contributed by atoms with E-state index < -0.39 is 0 Å². The molecule has 1 aliphatic heterocycles. The zero-order valence-corrected chi connectivity index (χ0v) is 10.5. The highest BCUT2D eigenvalue weighted by atomic mass is 16.5. The van der Waals surface area contributed by atoms with Crippen molar-refractivity contribution in [1.82, 2.24) is 5.32 Å². The third-order valence-corrected chi connectivity index (χ3v) is 3.38. The first-order valence-corrected chi connectivity index (χ1v) is 6.01. The van der Waals surface area contributed by atoms with Gasteiger partial charge in [-0.05, 0) is 26.3 Å². The summed E-state index contributed by atoms with van der Waals surface area (Å²) in [7, 11) is 2.01. The minimum Gasteiger partial charge on any atom is -0.381 e. The summed E-state index contributed by atoms with van der Waals surface area (Å²) < 4.78 is 11.2. The molecular formula is C12H25NO2. The summed E-state index contributed by atoms with van der Waals surface area (Å²) >= 11 is 0. The Labute approximate surface area is 93.5 Å². The molecule has 1 N–H and O–H groups in total. The second-order valence-corrected chi connectivity index (χ2v) is 4.80. The van der Waals surface area contributed by atoms with Crippen molar-refractivity contribution in [2.24, 2.45) is 11.8 Å². The van der Waals surface area contributed by atoms with E-state index in [1.165, 1.54) is 0 Å². The van der Waals surface area contributed by atoms with Gasteiger partial charge in [-0.3, -0.25) is 0 Å². The van der Waals surface area contributed by atoms with Crippen molar-refractivity contribution >= 4 is 0 Å². The van der Waals surface area contributed by atoms with Gasteiger partial charge in [-0.1, -0.05) is 13.8 Å². The Hall–Kier alpha value is -0.120. The van der Waals surface area contributed by atoms with Crippen LogP contribution in [0.25, 0.3) is 0 Å². The molecule has 0 aromatic heterocycles. The molecule has 3 nitrogen and oxygen atoms in total. The average molecular weight is 215 g/mol. The molecule has 1 fully saturated rings. The van der Waals surface area contributed by atoms with Crippen LogP contribution in [0.3, 0.4) is 0 Å². The lowest BCUT2D eigenvalue weighted by molar-refractivity contribution is 0.0128. The summed E-state index contributed by atoms with van der Waals surface area (Å²) in [5.41, 5.74) is 0. The molecule has 90 valence electrons. The van der Waals surface area contributed by atoms with E-state index >= 15 is 0 Å². The summed E-state index contributed by atoms with van der Waals surface area (Å²) in [5.74, 6) is 1.21. The van der Waals surface area contributed by atoms with Gasteiger partial charge in [0.1, 0.15) is 0 Å². The molecular weight excluding hydrogens is 190 g/mol. The van der Waals surface area contributed by atoms with Gasteiger partial charge in [-0.2, -0.15) is 0 Å². The van der Waals surface area contributed by atoms with Gasteiger partial charge in [0.15, 0.2) is 0 Å². The van der Waals surface area contributed by atoms with E-state index in [2.05, 4.69) is 26.1 Å². The molecule has 0 radical (unpaired) electrons. The minimum atomic E-state index is 0.336. The molecule has 0 aliphatic carbocycles. The Morgan fingerprint density at radius 1 is 1.40 bits per heavy atom. The zero-order valence-electron chi connectivity index (χ0n) is 10.5. The Balaban J connectivity index is 2.27. The number of ether oxygens (including phenoxy) is 2. The van der Waals surface area contributed by atoms with E-state index in [0.29, 0.717) is 24.0 Å². The van der Waals surface area contributed by atoms with Crippen LogP contribution in [-0.2, 0) is 9.47 Å². The summed E-state index contributed by atoms with van der Waals surface area (Å²) in [6, 6.07) is 0.439. The van der Waals surface area contributed by atoms with Crippen LogP contribution in [0.2, 0.25) is 0 Å². The molecule has 1 aliphatic rings. The van der Waals surface area contributed by atoms with Crippen LogP contribution in [0.15, 0.2) is 0 Å². The fourth-order valence-corrected chi connectivity index (χ4v) is 1.77. The van der Waals surface area contributed by atoms with Crippen molar-refractivity contribution in [3.63, 3.8) is 0 Å². The summed E-state index contributed by atoms with van der Waals surface area (Å²) in [5, 5.41) is 3.33. The van der Waals surface area contributed by atoms with Gasteiger partial charge in [0.05, 0.1) is 19.3 Å². The second-order valence-electron chi connectivity index (χ2n) is 4.80. The van der Waals surface area contributed by atoms with E-state index in [9.17, 15) is 0 Å². The van der Waals surface area contributed by atoms with Crippen LogP contribution in [0, 0.1) is 11.8 Å². The predicted octanol–water partition coefficient (Wildman–Crippen LogP) is 1.67. The smallest absolute Gasteiger partial charge is 0.0626 e. The number of hydrogen-bond donors (Lipinski definition) is 1. The minimum absolute atomic E-state index is 0.336. The van der Waals surface area contributed by atoms with Crippen molar-refractivity contribution in [1.29, 1.82) is 0 Å². The Morgan fingerprint density at radius 2 is 2.13 bits per heavy atom. The largest absolute Gasteiger partial charge is 0.381 e. The fourth-order valence-electron chi connectivity index (χ4n) is 1.77. The van der Waals surface area contributed by atoms with Crippen LogP contribution in [0.4, 0.5) is 0 Å². The van der Waals surface area contributed by atoms with Crippen LogP contribution in [0.1, 0.15) is 27.2 Å². The van der Waals surface area contributed by atoms with E-state index in [1.54, 1.807) is 0 Å². The van der Waals surface area contributed by atoms with Gasteiger partial charge in [0, 0.05) is 18.6 Å². The maximum absolute atomic E-state index is 5.85. The summed E-state index contributed by atoms with van der Waals surface area (Å²) in [4.78, 5) is 0. The third kappa shape index (κ3) is 4.09. The first-order chi connectivity index (χ1) is 7.15. The topological polar surface area (TPSA) is 30.5 Å². The van der Waals surface area contributed by atoms with Crippen LogP contribution >= 0.6 is 0 Å². The Bertz CT molecular complexity index is 167. The van der Waals surface area contributed by atoms with Gasteiger partial charge in [0.25, 0.3) is 0 Å². The molecule has 3 atom stereocenters. The van der Waals surface area contributed by atoms with Crippen molar-refractivity contribution < 1.29 is 9.47 Å². The van der Waals surface area contributed by atoms with Crippen molar-refractivity contribution in [2.75, 3.05) is 26.9 Å². The highest BCUT2D eigenvalue weighted by Crippen LogP contribution is 2.17. The molecule has 0 amide bonds. The van der Waals surface area contributed by atoms with E-state index in [4.69, 9.17) is 9.47 Å². The predicted molar refractivity (Wildman–Crippen MR) is 62.0 cm³/mol. The van der Waals surface area contributed by atoms with Gasteiger partial charge < -0.3 is 14.8 Å². The fraction of sp³-hybridized carbons (Fsp3) is 1.00. The summed E-state index contributed by atoms with van der Waals surface area (Å²) in [6.07, 6.45) is 1.49. The lowest BCUT2D eigenvalue weighted by Crippen LogP contribution is -2.39. The van der Waals surface area contributed by atoms with Crippen molar-refractivity contribution in [2.45, 2.75) is 39.3 Å². The quantitative estimate of drug-likeness (QED) is 0.731. The Morgan fingerprint density at radius 3 is 2.60 bits per heavy atom. The van der Waals surface area contributed by atoms with Gasteiger partial charge in [-0.15, -0.1) is 0 Å². The van der Waals surface area contributed by atoms with Crippen LogP contribution < -0.4 is 5.32 Å². The standard InChI is InChI=1S/C12H25NO2/c1-9(2)10(3)15-8-12(13-4)11-5-6-14-7-11/h9-13H,5-8H2,1-4H3. The van der Waals surface area contributed by atoms with Crippen LogP contribution in [0.5, 0.6) is 0 Å². The molecule has 3 unspecified atom stereocenters. The molecule has 1 saturated heterocycles. The molecule has 3 heteroatoms. The molecule has 1 heterocycles. The maximum Gasteiger partial charge on any atom is 0.0626 e. The molecule has 0 aromatic carbocycles. The maximum atomic E-state index is 5.85. The van der Waals surface area contributed by atoms with E-state index in [0.717, 1.165) is 26.2 Å². The molecule has 0 spiro atoms. The second kappa shape index (κ2) is 6.46. The highest BCUT2D eigenvalue weighted by Gasteiger charge is 2.25. The van der Waals surface area contributed by atoms with Crippen molar-refractivity contribution in [3.05, 3.63) is 0 Å². The normalized spacial score (nSPS) is 25.8. The lowest BCUT2D eigenvalue weighted by atomic mass is 10.00. The summed E-state index contributed by atoms with van der Waals surface area (Å²) in [6.45, 7) is 9.11. The molecule has 0 aromatic rings. The SMILES string of the molecule is CNC(COC(C)C(C)C)C1CCOC1. The van der Waals surface area contributed by atoms with Crippen LogP contribution in [-0.4, -0.2) is 39.0 Å². The number of likely N-dealkylation sites (N-methyl/N-ethyl adjacent to an activating group) is 1. The Kier molecular flexibility index (Phi) is 5.58. The van der Waals surface area contributed by atoms with Gasteiger partial charge in [0.2, 0.25) is 0 Å². The third-order valence-electron chi connectivity index (χ3n) is 3.38. The zero-order chi connectivity index (χ0) is 11.3. The average Bonchev–Trinajstić information content (AvgIpc) is 2.71. The van der Waals surface area contributed by atoms with E-state index in [1.807, 2.05) is 7.05 Å².